The average Bonchev–Trinajstić information content (AvgIpc) is 2.98. The molecular weight excluding hydrogens is 266 g/mol. The van der Waals surface area contributed by atoms with Crippen molar-refractivity contribution in [3.8, 4) is 0 Å². The molecule has 0 aliphatic carbocycles. The first-order valence-electron chi connectivity index (χ1n) is 7.00. The van der Waals surface area contributed by atoms with Crippen molar-refractivity contribution in [3.05, 3.63) is 47.9 Å². The summed E-state index contributed by atoms with van der Waals surface area (Å²) in [4.78, 5) is 11.9. The number of nitrogens with one attached hydrogen (secondary N) is 2. The fourth-order valence-electron chi connectivity index (χ4n) is 2.17. The fourth-order valence-corrected chi connectivity index (χ4v) is 2.17. The molecule has 1 unspecified atom stereocenters. The van der Waals surface area contributed by atoms with Crippen LogP contribution in [0.3, 0.4) is 0 Å². The number of amides is 1. The molecule has 0 radical (unpaired) electrons. The SMILES string of the molecule is CNC(=O)c1ccc(N)cc1NC(C)CCc1ccco1. The van der Waals surface area contributed by atoms with Crippen LogP contribution in [0.25, 0.3) is 0 Å². The summed E-state index contributed by atoms with van der Waals surface area (Å²) >= 11 is 0. The van der Waals surface area contributed by atoms with E-state index >= 15 is 0 Å². The number of hydrogen-bond donors (Lipinski definition) is 3. The van der Waals surface area contributed by atoms with Crippen molar-refractivity contribution in [2.45, 2.75) is 25.8 Å². The summed E-state index contributed by atoms with van der Waals surface area (Å²) in [6.45, 7) is 2.07. The molecule has 112 valence electrons. The van der Waals surface area contributed by atoms with Gasteiger partial charge in [0.25, 0.3) is 5.91 Å². The van der Waals surface area contributed by atoms with Crippen LogP contribution >= 0.6 is 0 Å². The molecular formula is C16H21N3O2. The summed E-state index contributed by atoms with van der Waals surface area (Å²) in [5.41, 5.74) is 7.78. The molecule has 0 bridgehead atoms. The topological polar surface area (TPSA) is 80.3 Å². The smallest absolute Gasteiger partial charge is 0.253 e. The van der Waals surface area contributed by atoms with Gasteiger partial charge in [0.05, 0.1) is 11.8 Å². The number of furan rings is 1. The van der Waals surface area contributed by atoms with Crippen LogP contribution < -0.4 is 16.4 Å². The van der Waals surface area contributed by atoms with Crippen LogP contribution in [0.5, 0.6) is 0 Å². The number of hydrogen-bond acceptors (Lipinski definition) is 4. The van der Waals surface area contributed by atoms with Gasteiger partial charge in [-0.15, -0.1) is 0 Å². The molecule has 2 aromatic rings. The van der Waals surface area contributed by atoms with E-state index in [1.54, 1.807) is 31.5 Å². The molecule has 0 fully saturated rings. The van der Waals surface area contributed by atoms with E-state index in [-0.39, 0.29) is 11.9 Å². The van der Waals surface area contributed by atoms with Gasteiger partial charge in [0.15, 0.2) is 0 Å². The molecule has 0 saturated heterocycles. The number of rotatable bonds is 6. The van der Waals surface area contributed by atoms with E-state index < -0.39 is 0 Å². The Labute approximate surface area is 124 Å². The minimum atomic E-state index is -0.129. The van der Waals surface area contributed by atoms with Gasteiger partial charge in [-0.1, -0.05) is 0 Å². The second kappa shape index (κ2) is 6.83. The molecule has 2 rings (SSSR count). The molecule has 0 aliphatic heterocycles. The maximum Gasteiger partial charge on any atom is 0.253 e. The molecule has 1 aromatic carbocycles. The lowest BCUT2D eigenvalue weighted by molar-refractivity contribution is 0.0964. The summed E-state index contributed by atoms with van der Waals surface area (Å²) in [6.07, 6.45) is 3.42. The van der Waals surface area contributed by atoms with Crippen molar-refractivity contribution in [1.82, 2.24) is 5.32 Å². The van der Waals surface area contributed by atoms with Gasteiger partial charge in [0.1, 0.15) is 5.76 Å². The predicted molar refractivity (Wildman–Crippen MR) is 84.4 cm³/mol. The highest BCUT2D eigenvalue weighted by Gasteiger charge is 2.12. The molecule has 1 amide bonds. The maximum atomic E-state index is 11.9. The molecule has 0 spiro atoms. The van der Waals surface area contributed by atoms with E-state index in [1.807, 2.05) is 12.1 Å². The monoisotopic (exact) mass is 287 g/mol. The van der Waals surface area contributed by atoms with Gasteiger partial charge >= 0.3 is 0 Å². The van der Waals surface area contributed by atoms with Gasteiger partial charge < -0.3 is 20.8 Å². The molecule has 4 N–H and O–H groups in total. The number of anilines is 2. The lowest BCUT2D eigenvalue weighted by Gasteiger charge is -2.17. The van der Waals surface area contributed by atoms with Crippen molar-refractivity contribution in [2.75, 3.05) is 18.1 Å². The van der Waals surface area contributed by atoms with E-state index in [9.17, 15) is 4.79 Å². The molecule has 5 nitrogen and oxygen atoms in total. The Morgan fingerprint density at radius 2 is 2.19 bits per heavy atom. The van der Waals surface area contributed by atoms with Crippen LogP contribution in [0.15, 0.2) is 41.0 Å². The Kier molecular flexibility index (Phi) is 4.87. The molecule has 1 heterocycles. The summed E-state index contributed by atoms with van der Waals surface area (Å²) in [5, 5.41) is 5.98. The Morgan fingerprint density at radius 3 is 2.86 bits per heavy atom. The van der Waals surface area contributed by atoms with E-state index in [1.165, 1.54) is 0 Å². The van der Waals surface area contributed by atoms with Crippen LogP contribution in [-0.2, 0) is 6.42 Å². The quantitative estimate of drug-likeness (QED) is 0.714. The molecule has 1 atom stereocenters. The van der Waals surface area contributed by atoms with E-state index in [4.69, 9.17) is 10.2 Å². The van der Waals surface area contributed by atoms with Crippen LogP contribution in [0.4, 0.5) is 11.4 Å². The lowest BCUT2D eigenvalue weighted by atomic mass is 10.1. The molecule has 0 aliphatic rings. The van der Waals surface area contributed by atoms with Crippen molar-refractivity contribution < 1.29 is 9.21 Å². The second-order valence-corrected chi connectivity index (χ2v) is 5.05. The first-order valence-corrected chi connectivity index (χ1v) is 7.00. The molecule has 0 saturated carbocycles. The number of carbonyl (C=O) groups excluding carboxylic acids is 1. The zero-order chi connectivity index (χ0) is 15.2. The van der Waals surface area contributed by atoms with Gasteiger partial charge in [-0.2, -0.15) is 0 Å². The number of carbonyl (C=O) groups is 1. The van der Waals surface area contributed by atoms with Gasteiger partial charge in [-0.25, -0.2) is 0 Å². The zero-order valence-corrected chi connectivity index (χ0v) is 12.3. The summed E-state index contributed by atoms with van der Waals surface area (Å²) in [6, 6.07) is 9.28. The van der Waals surface area contributed by atoms with Crippen LogP contribution in [0, 0.1) is 0 Å². The molecule has 21 heavy (non-hydrogen) atoms. The summed E-state index contributed by atoms with van der Waals surface area (Å²) in [5.74, 6) is 0.832. The van der Waals surface area contributed by atoms with E-state index in [0.29, 0.717) is 11.3 Å². The maximum absolute atomic E-state index is 11.9. The number of benzene rings is 1. The molecule has 5 heteroatoms. The lowest BCUT2D eigenvalue weighted by Crippen LogP contribution is -2.23. The highest BCUT2D eigenvalue weighted by molar-refractivity contribution is 6.00. The first kappa shape index (κ1) is 15.0. The van der Waals surface area contributed by atoms with Gasteiger partial charge in [0.2, 0.25) is 0 Å². The first-order chi connectivity index (χ1) is 10.1. The standard InChI is InChI=1S/C16H21N3O2/c1-11(5-7-13-4-3-9-21-13)19-15-10-12(17)6-8-14(15)16(20)18-2/h3-4,6,8-11,19H,5,7,17H2,1-2H3,(H,18,20). The summed E-state index contributed by atoms with van der Waals surface area (Å²) in [7, 11) is 1.61. The minimum absolute atomic E-state index is 0.129. The van der Waals surface area contributed by atoms with Crippen LogP contribution in [-0.4, -0.2) is 19.0 Å². The van der Waals surface area contributed by atoms with Crippen molar-refractivity contribution >= 4 is 17.3 Å². The van der Waals surface area contributed by atoms with Gasteiger partial charge in [-0.05, 0) is 43.7 Å². The second-order valence-electron chi connectivity index (χ2n) is 5.05. The van der Waals surface area contributed by atoms with E-state index in [0.717, 1.165) is 24.3 Å². The minimum Gasteiger partial charge on any atom is -0.469 e. The number of nitrogens with two attached hydrogens (primary N) is 1. The highest BCUT2D eigenvalue weighted by atomic mass is 16.3. The number of nitrogen functional groups attached to an aromatic ring is 1. The van der Waals surface area contributed by atoms with Crippen molar-refractivity contribution in [3.63, 3.8) is 0 Å². The number of aryl methyl sites for hydroxylation is 1. The third-order valence-electron chi connectivity index (χ3n) is 3.32. The fraction of sp³-hybridized carbons (Fsp3) is 0.312. The highest BCUT2D eigenvalue weighted by Crippen LogP contribution is 2.21. The normalized spacial score (nSPS) is 11.9. The van der Waals surface area contributed by atoms with Crippen molar-refractivity contribution in [1.29, 1.82) is 0 Å². The Bertz CT molecular complexity index is 594. The average molecular weight is 287 g/mol. The Hall–Kier alpha value is -2.43. The van der Waals surface area contributed by atoms with Crippen molar-refractivity contribution in [2.24, 2.45) is 0 Å². The summed E-state index contributed by atoms with van der Waals surface area (Å²) < 4.78 is 5.32. The van der Waals surface area contributed by atoms with Crippen LogP contribution in [0.1, 0.15) is 29.5 Å². The van der Waals surface area contributed by atoms with Gasteiger partial charge in [0, 0.05) is 30.9 Å². The van der Waals surface area contributed by atoms with E-state index in [2.05, 4.69) is 17.6 Å². The largest absolute Gasteiger partial charge is 0.469 e. The molecule has 1 aromatic heterocycles. The third kappa shape index (κ3) is 4.02. The van der Waals surface area contributed by atoms with Gasteiger partial charge in [-0.3, -0.25) is 4.79 Å². The Morgan fingerprint density at radius 1 is 1.38 bits per heavy atom. The van der Waals surface area contributed by atoms with Crippen LogP contribution in [0.2, 0.25) is 0 Å². The predicted octanol–water partition coefficient (Wildman–Crippen LogP) is 2.65. The Balaban J connectivity index is 2.03. The zero-order valence-electron chi connectivity index (χ0n) is 12.3. The third-order valence-corrected chi connectivity index (χ3v) is 3.32.